The zero-order valence-electron chi connectivity index (χ0n) is 17.5. The molecule has 2 heterocycles. The summed E-state index contributed by atoms with van der Waals surface area (Å²) in [5.41, 5.74) is 2.20. The van der Waals surface area contributed by atoms with Gasteiger partial charge in [0.05, 0.1) is 17.8 Å². The topological polar surface area (TPSA) is 94.5 Å². The van der Waals surface area contributed by atoms with Crippen LogP contribution < -0.4 is 5.32 Å². The molecule has 166 valence electrons. The van der Waals surface area contributed by atoms with E-state index in [0.29, 0.717) is 21.8 Å². The molecule has 0 atom stereocenters. The Balaban J connectivity index is 1.73. The van der Waals surface area contributed by atoms with E-state index in [1.807, 2.05) is 42.5 Å². The number of rotatable bonds is 6. The predicted molar refractivity (Wildman–Crippen MR) is 129 cm³/mol. The van der Waals surface area contributed by atoms with Crippen molar-refractivity contribution >= 4 is 39.9 Å². The van der Waals surface area contributed by atoms with Gasteiger partial charge in [0.15, 0.2) is 0 Å². The van der Waals surface area contributed by atoms with Crippen LogP contribution in [-0.4, -0.2) is 15.7 Å². The zero-order chi connectivity index (χ0) is 24.1. The third-order valence-corrected chi connectivity index (χ3v) is 6.08. The number of aromatic nitrogens is 2. The van der Waals surface area contributed by atoms with Crippen LogP contribution in [0.1, 0.15) is 16.7 Å². The first-order valence-corrected chi connectivity index (χ1v) is 11.2. The molecule has 0 fully saturated rings. The minimum Gasteiger partial charge on any atom is -0.312 e. The molecule has 9 heteroatoms. The quantitative estimate of drug-likeness (QED) is 0.272. The van der Waals surface area contributed by atoms with Crippen LogP contribution in [-0.2, 0) is 11.3 Å². The number of nitriles is 2. The first-order valence-electron chi connectivity index (χ1n) is 9.96. The van der Waals surface area contributed by atoms with Crippen molar-refractivity contribution in [2.24, 2.45) is 0 Å². The number of hydrogen-bond donors (Lipinski definition) is 1. The highest BCUT2D eigenvalue weighted by Crippen LogP contribution is 2.27. The summed E-state index contributed by atoms with van der Waals surface area (Å²) in [6.45, 7) is 0.0635. The van der Waals surface area contributed by atoms with Gasteiger partial charge < -0.3 is 5.32 Å². The van der Waals surface area contributed by atoms with Crippen molar-refractivity contribution in [3.8, 4) is 23.4 Å². The molecule has 0 aliphatic carbocycles. The maximum absolute atomic E-state index is 14.3. The second-order valence-corrected chi connectivity index (χ2v) is 8.42. The van der Waals surface area contributed by atoms with Crippen molar-refractivity contribution < 1.29 is 9.18 Å². The predicted octanol–water partition coefficient (Wildman–Crippen LogP) is 5.87. The van der Waals surface area contributed by atoms with E-state index in [2.05, 4.69) is 10.4 Å². The van der Waals surface area contributed by atoms with Gasteiger partial charge in [-0.3, -0.25) is 9.48 Å². The SMILES string of the molecule is N#CC(=Cc1cn(Cc2c(F)cccc2Cl)nc1-c1ccccc1)C(=O)Nc1sccc1C#N. The fourth-order valence-corrected chi connectivity index (χ4v) is 4.21. The number of amides is 1. The minimum atomic E-state index is -0.648. The summed E-state index contributed by atoms with van der Waals surface area (Å²) in [6, 6.07) is 19.2. The Labute approximate surface area is 203 Å². The molecule has 1 N–H and O–H groups in total. The number of nitrogens with one attached hydrogen (secondary N) is 1. The monoisotopic (exact) mass is 487 g/mol. The van der Waals surface area contributed by atoms with Gasteiger partial charge in [0.2, 0.25) is 0 Å². The van der Waals surface area contributed by atoms with Crippen molar-refractivity contribution in [2.75, 3.05) is 5.32 Å². The van der Waals surface area contributed by atoms with E-state index in [9.17, 15) is 14.4 Å². The van der Waals surface area contributed by atoms with Crippen LogP contribution in [0.3, 0.4) is 0 Å². The maximum atomic E-state index is 14.3. The molecule has 0 aliphatic rings. The lowest BCUT2D eigenvalue weighted by molar-refractivity contribution is -0.112. The highest BCUT2D eigenvalue weighted by Gasteiger charge is 2.17. The molecule has 4 aromatic rings. The minimum absolute atomic E-state index is 0.0635. The van der Waals surface area contributed by atoms with Crippen LogP contribution in [0.25, 0.3) is 17.3 Å². The van der Waals surface area contributed by atoms with E-state index in [1.165, 1.54) is 34.2 Å². The van der Waals surface area contributed by atoms with E-state index in [-0.39, 0.29) is 22.7 Å². The van der Waals surface area contributed by atoms with Gasteiger partial charge in [-0.1, -0.05) is 48.0 Å². The Morgan fingerprint density at radius 2 is 1.97 bits per heavy atom. The Bertz CT molecular complexity index is 1460. The van der Waals surface area contributed by atoms with Crippen molar-refractivity contribution in [3.05, 3.63) is 99.3 Å². The van der Waals surface area contributed by atoms with Gasteiger partial charge in [0, 0.05) is 27.9 Å². The van der Waals surface area contributed by atoms with Gasteiger partial charge >= 0.3 is 0 Å². The summed E-state index contributed by atoms with van der Waals surface area (Å²) < 4.78 is 15.8. The second-order valence-electron chi connectivity index (χ2n) is 7.10. The second kappa shape index (κ2) is 10.1. The van der Waals surface area contributed by atoms with Crippen LogP contribution in [0.2, 0.25) is 5.02 Å². The summed E-state index contributed by atoms with van der Waals surface area (Å²) in [5, 5.41) is 28.3. The average Bonchev–Trinajstić information content (AvgIpc) is 3.46. The van der Waals surface area contributed by atoms with Crippen molar-refractivity contribution in [1.82, 2.24) is 9.78 Å². The first-order chi connectivity index (χ1) is 16.5. The average molecular weight is 488 g/mol. The summed E-state index contributed by atoms with van der Waals surface area (Å²) in [6.07, 6.45) is 3.05. The number of halogens is 2. The standard InChI is InChI=1S/C25H15ClFN5OS/c26-21-7-4-8-22(27)20(21)15-32-14-19(23(31-32)16-5-2-1-3-6-16)11-18(13-29)24(33)30-25-17(12-28)9-10-34-25/h1-11,14H,15H2,(H,30,33). The smallest absolute Gasteiger partial charge is 0.266 e. The van der Waals surface area contributed by atoms with E-state index in [4.69, 9.17) is 16.9 Å². The van der Waals surface area contributed by atoms with Crippen molar-refractivity contribution in [1.29, 1.82) is 10.5 Å². The molecule has 2 aromatic heterocycles. The van der Waals surface area contributed by atoms with E-state index in [1.54, 1.807) is 23.7 Å². The van der Waals surface area contributed by atoms with Gasteiger partial charge in [-0.25, -0.2) is 4.39 Å². The van der Waals surface area contributed by atoms with E-state index in [0.717, 1.165) is 5.56 Å². The van der Waals surface area contributed by atoms with Gasteiger partial charge in [-0.05, 0) is 29.7 Å². The maximum Gasteiger partial charge on any atom is 0.266 e. The van der Waals surface area contributed by atoms with Crippen LogP contribution in [0.5, 0.6) is 0 Å². The molecule has 0 spiro atoms. The van der Waals surface area contributed by atoms with Crippen LogP contribution >= 0.6 is 22.9 Å². The summed E-state index contributed by atoms with van der Waals surface area (Å²) in [5.74, 6) is -1.10. The van der Waals surface area contributed by atoms with Crippen molar-refractivity contribution in [2.45, 2.75) is 6.54 Å². The fraction of sp³-hybridized carbons (Fsp3) is 0.0400. The molecule has 0 saturated heterocycles. The van der Waals surface area contributed by atoms with Gasteiger partial charge in [0.25, 0.3) is 5.91 Å². The van der Waals surface area contributed by atoms with Crippen LogP contribution in [0.4, 0.5) is 9.39 Å². The third-order valence-electron chi connectivity index (χ3n) is 4.90. The summed E-state index contributed by atoms with van der Waals surface area (Å²) in [4.78, 5) is 12.8. The number of carbonyl (C=O) groups is 1. The molecule has 0 unspecified atom stereocenters. The molecule has 1 amide bonds. The van der Waals surface area contributed by atoms with Gasteiger partial charge in [-0.15, -0.1) is 11.3 Å². The molecule has 2 aromatic carbocycles. The third kappa shape index (κ3) is 4.89. The van der Waals surface area contributed by atoms with Gasteiger partial charge in [0.1, 0.15) is 28.5 Å². The highest BCUT2D eigenvalue weighted by molar-refractivity contribution is 7.14. The van der Waals surface area contributed by atoms with E-state index >= 15 is 0 Å². The largest absolute Gasteiger partial charge is 0.312 e. The molecule has 4 rings (SSSR count). The van der Waals surface area contributed by atoms with E-state index < -0.39 is 11.7 Å². The number of thiophene rings is 1. The number of carbonyl (C=O) groups excluding carboxylic acids is 1. The van der Waals surface area contributed by atoms with Crippen molar-refractivity contribution in [3.63, 3.8) is 0 Å². The molecule has 34 heavy (non-hydrogen) atoms. The lowest BCUT2D eigenvalue weighted by Gasteiger charge is -2.05. The molecular weight excluding hydrogens is 473 g/mol. The summed E-state index contributed by atoms with van der Waals surface area (Å²) in [7, 11) is 0. The highest BCUT2D eigenvalue weighted by atomic mass is 35.5. The van der Waals surface area contributed by atoms with Gasteiger partial charge in [-0.2, -0.15) is 15.6 Å². The zero-order valence-corrected chi connectivity index (χ0v) is 19.1. The Morgan fingerprint density at radius 1 is 1.18 bits per heavy atom. The van der Waals surface area contributed by atoms with Crippen LogP contribution in [0.15, 0.2) is 71.7 Å². The lowest BCUT2D eigenvalue weighted by Crippen LogP contribution is -2.13. The lowest BCUT2D eigenvalue weighted by atomic mass is 10.1. The Morgan fingerprint density at radius 3 is 2.68 bits per heavy atom. The molecule has 0 radical (unpaired) electrons. The Hall–Kier alpha value is -4.24. The molecule has 0 saturated carbocycles. The first kappa shape index (κ1) is 22.9. The molecule has 0 bridgehead atoms. The number of benzene rings is 2. The summed E-state index contributed by atoms with van der Waals surface area (Å²) >= 11 is 7.36. The molecule has 0 aliphatic heterocycles. The molecular formula is C25H15ClFN5OS. The van der Waals surface area contributed by atoms with Crippen LogP contribution in [0, 0.1) is 28.5 Å². The molecule has 6 nitrogen and oxygen atoms in total. The number of hydrogen-bond acceptors (Lipinski definition) is 5. The fourth-order valence-electron chi connectivity index (χ4n) is 3.26. The normalized spacial score (nSPS) is 11.0. The number of nitrogens with zero attached hydrogens (tertiary/aromatic N) is 4. The Kier molecular flexibility index (Phi) is 6.84. The number of anilines is 1.